The zero-order chi connectivity index (χ0) is 11.6. The number of benzene rings is 1. The fraction of sp³-hybridized carbons (Fsp3) is 0.143. The third-order valence-electron chi connectivity index (χ3n) is 1.48. The van der Waals surface area contributed by atoms with Gasteiger partial charge < -0.3 is 5.73 Å². The number of halogens is 3. The smallest absolute Gasteiger partial charge is 0.355 e. The van der Waals surface area contributed by atoms with Crippen molar-refractivity contribution in [2.24, 2.45) is 0 Å². The van der Waals surface area contributed by atoms with Gasteiger partial charge in [-0.1, -0.05) is 11.6 Å². The van der Waals surface area contributed by atoms with Crippen molar-refractivity contribution in [1.82, 2.24) is 0 Å². The standard InChI is InChI=1S/C7H7ClF2N2O2S/c8-5-3-4(11)1-2-6(5)12-15(13,14)7(9)10/h1-3,7,12H,11H2. The van der Waals surface area contributed by atoms with Crippen LogP contribution in [0.1, 0.15) is 0 Å². The SMILES string of the molecule is Nc1ccc(NS(=O)(=O)C(F)F)c(Cl)c1. The second-order valence-corrected chi connectivity index (χ2v) is 4.70. The van der Waals surface area contributed by atoms with Crippen molar-refractivity contribution < 1.29 is 17.2 Å². The van der Waals surface area contributed by atoms with E-state index in [1.54, 1.807) is 4.72 Å². The second-order valence-electron chi connectivity index (χ2n) is 2.65. The summed E-state index contributed by atoms with van der Waals surface area (Å²) in [6, 6.07) is 3.80. The predicted octanol–water partition coefficient (Wildman–Crippen LogP) is 1.89. The van der Waals surface area contributed by atoms with E-state index >= 15 is 0 Å². The van der Waals surface area contributed by atoms with Crippen LogP contribution in [0.3, 0.4) is 0 Å². The van der Waals surface area contributed by atoms with E-state index in [2.05, 4.69) is 0 Å². The number of nitrogens with one attached hydrogen (secondary N) is 1. The molecule has 0 fully saturated rings. The Labute approximate surface area is 90.1 Å². The Kier molecular flexibility index (Phi) is 3.35. The minimum Gasteiger partial charge on any atom is -0.399 e. The fourth-order valence-corrected chi connectivity index (χ4v) is 1.68. The summed E-state index contributed by atoms with van der Waals surface area (Å²) in [5, 5.41) is -0.0424. The molecule has 1 aromatic carbocycles. The van der Waals surface area contributed by atoms with Crippen molar-refractivity contribution in [3.05, 3.63) is 23.2 Å². The van der Waals surface area contributed by atoms with Crippen LogP contribution in [0, 0.1) is 0 Å². The summed E-state index contributed by atoms with van der Waals surface area (Å²) in [5.41, 5.74) is 5.51. The molecule has 0 radical (unpaired) electrons. The zero-order valence-corrected chi connectivity index (χ0v) is 8.82. The van der Waals surface area contributed by atoms with Gasteiger partial charge in [0, 0.05) is 5.69 Å². The summed E-state index contributed by atoms with van der Waals surface area (Å²) in [4.78, 5) is 0. The summed E-state index contributed by atoms with van der Waals surface area (Å²) in [7, 11) is -4.70. The molecule has 1 aromatic rings. The molecular weight excluding hydrogens is 250 g/mol. The number of hydrogen-bond acceptors (Lipinski definition) is 3. The van der Waals surface area contributed by atoms with Crippen molar-refractivity contribution in [3.63, 3.8) is 0 Å². The summed E-state index contributed by atoms with van der Waals surface area (Å²) in [6.45, 7) is 0. The molecule has 4 nitrogen and oxygen atoms in total. The normalized spacial score (nSPS) is 11.7. The summed E-state index contributed by atoms with van der Waals surface area (Å²) < 4.78 is 47.2. The van der Waals surface area contributed by atoms with Gasteiger partial charge in [-0.2, -0.15) is 8.78 Å². The van der Waals surface area contributed by atoms with E-state index in [0.29, 0.717) is 5.69 Å². The largest absolute Gasteiger partial charge is 0.399 e. The molecule has 0 aliphatic heterocycles. The molecule has 0 bridgehead atoms. The van der Waals surface area contributed by atoms with Crippen LogP contribution in [0.2, 0.25) is 5.02 Å². The molecule has 0 amide bonds. The highest BCUT2D eigenvalue weighted by atomic mass is 35.5. The van der Waals surface area contributed by atoms with Gasteiger partial charge >= 0.3 is 5.76 Å². The van der Waals surface area contributed by atoms with E-state index in [9.17, 15) is 17.2 Å². The molecule has 0 aromatic heterocycles. The van der Waals surface area contributed by atoms with Crippen LogP contribution in [0.4, 0.5) is 20.2 Å². The van der Waals surface area contributed by atoms with Gasteiger partial charge in [0.15, 0.2) is 0 Å². The second kappa shape index (κ2) is 4.19. The molecule has 0 aliphatic carbocycles. The first-order chi connectivity index (χ1) is 6.83. The molecule has 0 unspecified atom stereocenters. The van der Waals surface area contributed by atoms with Crippen LogP contribution >= 0.6 is 11.6 Å². The van der Waals surface area contributed by atoms with Crippen molar-refractivity contribution in [2.75, 3.05) is 10.5 Å². The Morgan fingerprint density at radius 1 is 1.40 bits per heavy atom. The van der Waals surface area contributed by atoms with E-state index in [-0.39, 0.29) is 10.7 Å². The van der Waals surface area contributed by atoms with Crippen molar-refractivity contribution >= 4 is 33.0 Å². The minimum atomic E-state index is -4.70. The third-order valence-corrected chi connectivity index (χ3v) is 2.77. The maximum absolute atomic E-state index is 12.0. The molecule has 0 spiro atoms. The highest BCUT2D eigenvalue weighted by molar-refractivity contribution is 7.93. The molecular formula is C7H7ClF2N2O2S. The van der Waals surface area contributed by atoms with Crippen LogP contribution in [0.25, 0.3) is 0 Å². The fourth-order valence-electron chi connectivity index (χ4n) is 0.812. The quantitative estimate of drug-likeness (QED) is 0.811. The molecule has 0 atom stereocenters. The topological polar surface area (TPSA) is 72.2 Å². The van der Waals surface area contributed by atoms with E-state index in [1.807, 2.05) is 0 Å². The van der Waals surface area contributed by atoms with E-state index < -0.39 is 15.8 Å². The number of anilines is 2. The number of rotatable bonds is 3. The molecule has 0 saturated heterocycles. The first-order valence-electron chi connectivity index (χ1n) is 3.68. The Balaban J connectivity index is 3.01. The molecule has 0 saturated carbocycles. The maximum Gasteiger partial charge on any atom is 0.355 e. The molecule has 8 heteroatoms. The number of sulfonamides is 1. The number of nitrogen functional groups attached to an aromatic ring is 1. The number of nitrogens with two attached hydrogens (primary N) is 1. The zero-order valence-electron chi connectivity index (χ0n) is 7.25. The van der Waals surface area contributed by atoms with Crippen LogP contribution < -0.4 is 10.5 Å². The lowest BCUT2D eigenvalue weighted by molar-refractivity contribution is 0.236. The average Bonchev–Trinajstić information content (AvgIpc) is 2.09. The summed E-state index contributed by atoms with van der Waals surface area (Å²) >= 11 is 5.59. The Bertz CT molecular complexity index is 464. The lowest BCUT2D eigenvalue weighted by atomic mass is 10.3. The molecule has 1 rings (SSSR count). The first kappa shape index (κ1) is 12.0. The van der Waals surface area contributed by atoms with E-state index in [4.69, 9.17) is 17.3 Å². The van der Waals surface area contributed by atoms with Gasteiger partial charge in [0.25, 0.3) is 10.0 Å². The van der Waals surface area contributed by atoms with Crippen molar-refractivity contribution in [3.8, 4) is 0 Å². The van der Waals surface area contributed by atoms with Crippen molar-refractivity contribution in [2.45, 2.75) is 5.76 Å². The molecule has 0 heterocycles. The lowest BCUT2D eigenvalue weighted by Crippen LogP contribution is -2.20. The van der Waals surface area contributed by atoms with Gasteiger partial charge in [0.05, 0.1) is 10.7 Å². The van der Waals surface area contributed by atoms with Crippen molar-refractivity contribution in [1.29, 1.82) is 0 Å². The minimum absolute atomic E-state index is 0.0424. The van der Waals surface area contributed by atoms with Gasteiger partial charge in [0.2, 0.25) is 0 Å². The number of hydrogen-bond donors (Lipinski definition) is 2. The van der Waals surface area contributed by atoms with Gasteiger partial charge in [-0.3, -0.25) is 4.72 Å². The third kappa shape index (κ3) is 2.93. The molecule has 0 aliphatic rings. The van der Waals surface area contributed by atoms with Crippen LogP contribution in [0.5, 0.6) is 0 Å². The lowest BCUT2D eigenvalue weighted by Gasteiger charge is -2.08. The maximum atomic E-state index is 12.0. The highest BCUT2D eigenvalue weighted by Crippen LogP contribution is 2.25. The highest BCUT2D eigenvalue weighted by Gasteiger charge is 2.24. The van der Waals surface area contributed by atoms with E-state index in [1.165, 1.54) is 18.2 Å². The molecule has 15 heavy (non-hydrogen) atoms. The molecule has 3 N–H and O–H groups in total. The first-order valence-corrected chi connectivity index (χ1v) is 5.60. The van der Waals surface area contributed by atoms with Gasteiger partial charge in [0.1, 0.15) is 0 Å². The molecule has 84 valence electrons. The summed E-state index contributed by atoms with van der Waals surface area (Å²) in [5.74, 6) is -3.51. The average molecular weight is 257 g/mol. The van der Waals surface area contributed by atoms with Crippen LogP contribution in [-0.4, -0.2) is 14.2 Å². The predicted molar refractivity (Wildman–Crippen MR) is 54.4 cm³/mol. The van der Waals surface area contributed by atoms with Gasteiger partial charge in [-0.05, 0) is 18.2 Å². The van der Waals surface area contributed by atoms with E-state index in [0.717, 1.165) is 0 Å². The van der Waals surface area contributed by atoms with Gasteiger partial charge in [-0.15, -0.1) is 0 Å². The number of alkyl halides is 2. The summed E-state index contributed by atoms with van der Waals surface area (Å²) in [6.07, 6.45) is 0. The van der Waals surface area contributed by atoms with Crippen LogP contribution in [0.15, 0.2) is 18.2 Å². The monoisotopic (exact) mass is 256 g/mol. The Morgan fingerprint density at radius 3 is 2.47 bits per heavy atom. The Hall–Kier alpha value is -1.08. The van der Waals surface area contributed by atoms with Gasteiger partial charge in [-0.25, -0.2) is 8.42 Å². The van der Waals surface area contributed by atoms with Crippen LogP contribution in [-0.2, 0) is 10.0 Å². The Morgan fingerprint density at radius 2 is 2.00 bits per heavy atom.